The van der Waals surface area contributed by atoms with E-state index in [4.69, 9.17) is 10.5 Å². The van der Waals surface area contributed by atoms with Crippen LogP contribution in [-0.2, 0) is 6.54 Å². The molecule has 9 nitrogen and oxygen atoms in total. The van der Waals surface area contributed by atoms with E-state index < -0.39 is 29.6 Å². The van der Waals surface area contributed by atoms with E-state index in [1.807, 2.05) is 0 Å². The van der Waals surface area contributed by atoms with Gasteiger partial charge in [0.25, 0.3) is 5.91 Å². The van der Waals surface area contributed by atoms with Crippen LogP contribution in [0.15, 0.2) is 53.6 Å². The summed E-state index contributed by atoms with van der Waals surface area (Å²) in [6.45, 7) is 0.897. The number of nitrogen functional groups attached to an aromatic ring is 1. The molecule has 1 amide bonds. The van der Waals surface area contributed by atoms with Crippen molar-refractivity contribution < 1.29 is 27.1 Å². The molecule has 4 aromatic rings. The summed E-state index contributed by atoms with van der Waals surface area (Å²) in [6.07, 6.45) is -3.71. The number of alkyl halides is 3. The monoisotopic (exact) mass is 504 g/mol. The van der Waals surface area contributed by atoms with Gasteiger partial charge in [0.2, 0.25) is 0 Å². The van der Waals surface area contributed by atoms with Crippen LogP contribution < -0.4 is 21.5 Å². The van der Waals surface area contributed by atoms with Crippen molar-refractivity contribution in [2.75, 3.05) is 12.8 Å². The first-order valence-corrected chi connectivity index (χ1v) is 10.5. The molecule has 0 saturated carbocycles. The highest BCUT2D eigenvalue weighted by molar-refractivity contribution is 5.96. The van der Waals surface area contributed by atoms with Gasteiger partial charge >= 0.3 is 11.9 Å². The van der Waals surface area contributed by atoms with E-state index in [1.54, 1.807) is 12.1 Å². The van der Waals surface area contributed by atoms with Crippen LogP contribution in [0.5, 0.6) is 5.75 Å². The molecule has 0 aliphatic heterocycles. The van der Waals surface area contributed by atoms with E-state index in [0.29, 0.717) is 10.1 Å². The molecule has 4 rings (SSSR count). The Morgan fingerprint density at radius 2 is 1.86 bits per heavy atom. The number of methoxy groups -OCH3 is 1. The normalized spacial score (nSPS) is 12.5. The van der Waals surface area contributed by atoms with Crippen LogP contribution in [0.4, 0.5) is 23.4 Å². The Labute approximate surface area is 201 Å². The molecule has 0 spiro atoms. The van der Waals surface area contributed by atoms with Gasteiger partial charge in [-0.15, -0.1) is 0 Å². The van der Waals surface area contributed by atoms with Crippen molar-refractivity contribution in [3.63, 3.8) is 0 Å². The zero-order chi connectivity index (χ0) is 26.2. The summed E-state index contributed by atoms with van der Waals surface area (Å²) in [6, 6.07) is 7.51. The average molecular weight is 504 g/mol. The Bertz CT molecular complexity index is 1490. The number of carbonyl (C=O) groups excluding carboxylic acids is 1. The van der Waals surface area contributed by atoms with Crippen molar-refractivity contribution in [1.82, 2.24) is 24.4 Å². The largest absolute Gasteiger partial charge is 0.496 e. The highest BCUT2D eigenvalue weighted by Gasteiger charge is 2.40. The molecular weight excluding hydrogens is 484 g/mol. The molecule has 2 aromatic carbocycles. The van der Waals surface area contributed by atoms with Gasteiger partial charge in [-0.25, -0.2) is 19.2 Å². The molecule has 1 unspecified atom stereocenters. The number of nitrogens with two attached hydrogens (primary N) is 1. The predicted octanol–water partition coefficient (Wildman–Crippen LogP) is 3.37. The highest BCUT2D eigenvalue weighted by atomic mass is 19.4. The van der Waals surface area contributed by atoms with E-state index in [-0.39, 0.29) is 40.5 Å². The average Bonchev–Trinajstić information content (AvgIpc) is 3.14. The van der Waals surface area contributed by atoms with Crippen LogP contribution in [0.2, 0.25) is 0 Å². The van der Waals surface area contributed by atoms with Crippen molar-refractivity contribution in [1.29, 1.82) is 0 Å². The van der Waals surface area contributed by atoms with Crippen molar-refractivity contribution in [2.45, 2.75) is 25.7 Å². The maximum absolute atomic E-state index is 13.6. The lowest BCUT2D eigenvalue weighted by Gasteiger charge is -2.16. The fourth-order valence-corrected chi connectivity index (χ4v) is 3.70. The summed E-state index contributed by atoms with van der Waals surface area (Å²) >= 11 is 0. The molecule has 1 atom stereocenters. The van der Waals surface area contributed by atoms with Crippen LogP contribution in [-0.4, -0.2) is 38.3 Å². The van der Waals surface area contributed by atoms with Gasteiger partial charge in [-0.3, -0.25) is 13.9 Å². The predicted molar refractivity (Wildman–Crippen MR) is 122 cm³/mol. The molecule has 0 fully saturated rings. The third-order valence-electron chi connectivity index (χ3n) is 5.60. The van der Waals surface area contributed by atoms with Gasteiger partial charge in [0.15, 0.2) is 11.5 Å². The Morgan fingerprint density at radius 3 is 2.50 bits per heavy atom. The fourth-order valence-electron chi connectivity index (χ4n) is 3.70. The quantitative estimate of drug-likeness (QED) is 0.389. The number of fused-ring (bicyclic) bond motifs is 1. The lowest BCUT2D eigenvalue weighted by atomic mass is 10.1. The van der Waals surface area contributed by atoms with Gasteiger partial charge < -0.3 is 15.8 Å². The van der Waals surface area contributed by atoms with E-state index in [9.17, 15) is 27.2 Å². The molecule has 0 saturated heterocycles. The summed E-state index contributed by atoms with van der Waals surface area (Å²) in [5, 5.41) is 2.64. The molecule has 2 aromatic heterocycles. The van der Waals surface area contributed by atoms with Crippen LogP contribution in [0.25, 0.3) is 16.9 Å². The molecule has 0 bridgehead atoms. The Morgan fingerprint density at radius 1 is 1.17 bits per heavy atom. The lowest BCUT2D eigenvalue weighted by Crippen LogP contribution is -2.33. The molecule has 36 heavy (non-hydrogen) atoms. The van der Waals surface area contributed by atoms with Crippen LogP contribution in [0.3, 0.4) is 0 Å². The van der Waals surface area contributed by atoms with E-state index in [1.165, 1.54) is 31.4 Å². The molecule has 13 heteroatoms. The van der Waals surface area contributed by atoms with Gasteiger partial charge in [-0.05, 0) is 42.8 Å². The van der Waals surface area contributed by atoms with Crippen molar-refractivity contribution in [3.05, 3.63) is 76.2 Å². The third kappa shape index (κ3) is 4.46. The van der Waals surface area contributed by atoms with Gasteiger partial charge in [0.1, 0.15) is 29.5 Å². The third-order valence-corrected chi connectivity index (χ3v) is 5.60. The first-order valence-electron chi connectivity index (χ1n) is 10.5. The number of benzene rings is 2. The van der Waals surface area contributed by atoms with E-state index >= 15 is 0 Å². The second kappa shape index (κ2) is 9.32. The first kappa shape index (κ1) is 24.7. The van der Waals surface area contributed by atoms with Gasteiger partial charge in [-0.2, -0.15) is 13.2 Å². The van der Waals surface area contributed by atoms with Crippen molar-refractivity contribution in [3.8, 4) is 11.4 Å². The first-order chi connectivity index (χ1) is 17.0. The lowest BCUT2D eigenvalue weighted by molar-refractivity contribution is -0.162. The number of nitrogens with zero attached hydrogens (tertiary/aromatic N) is 4. The number of hydrogen-bond acceptors (Lipinski definition) is 6. The van der Waals surface area contributed by atoms with Gasteiger partial charge in [0.05, 0.1) is 18.4 Å². The highest BCUT2D eigenvalue weighted by Crippen LogP contribution is 2.32. The molecule has 0 aliphatic carbocycles. The maximum Gasteiger partial charge on any atom is 0.409 e. The van der Waals surface area contributed by atoms with E-state index in [0.717, 1.165) is 23.9 Å². The summed E-state index contributed by atoms with van der Waals surface area (Å²) in [4.78, 5) is 33.2. The SMILES string of the molecule is COc1ccc(F)cc1C(=O)NCc1ccc(-n2c(=O)n(C(C)C(F)(F)F)c3ncnc(N)c32)cc1. The van der Waals surface area contributed by atoms with E-state index in [2.05, 4.69) is 15.3 Å². The number of anilines is 1. The number of imidazole rings is 1. The van der Waals surface area contributed by atoms with Gasteiger partial charge in [0, 0.05) is 6.54 Å². The summed E-state index contributed by atoms with van der Waals surface area (Å²) < 4.78 is 60.5. The maximum atomic E-state index is 13.6. The minimum Gasteiger partial charge on any atom is -0.496 e. The standard InChI is InChI=1S/C23H20F4N6O3/c1-12(23(25,26)27)32-20-18(19(28)30-11-31-20)33(22(32)35)15-6-3-13(4-7-15)10-29-21(34)16-9-14(24)5-8-17(16)36-2/h3-9,11-12H,10H2,1-2H3,(H,29,34)(H2,28,30,31). The number of halogens is 4. The number of nitrogens with one attached hydrogen (secondary N) is 1. The number of carbonyl (C=O) groups is 1. The number of ether oxygens (including phenoxy) is 1. The van der Waals surface area contributed by atoms with Crippen LogP contribution in [0.1, 0.15) is 28.9 Å². The molecule has 188 valence electrons. The molecule has 0 radical (unpaired) electrons. The van der Waals surface area contributed by atoms with Crippen molar-refractivity contribution >= 4 is 22.9 Å². The Balaban J connectivity index is 1.65. The van der Waals surface area contributed by atoms with Crippen LogP contribution in [0, 0.1) is 5.82 Å². The number of hydrogen-bond donors (Lipinski definition) is 2. The Hall–Kier alpha value is -4.42. The molecule has 3 N–H and O–H groups in total. The number of amides is 1. The number of rotatable bonds is 6. The zero-order valence-electron chi connectivity index (χ0n) is 19.0. The zero-order valence-corrected chi connectivity index (χ0v) is 19.0. The second-order valence-electron chi connectivity index (χ2n) is 7.83. The second-order valence-corrected chi connectivity index (χ2v) is 7.83. The summed E-state index contributed by atoms with van der Waals surface area (Å²) in [5.41, 5.74) is 5.45. The minimum absolute atomic E-state index is 0.0164. The van der Waals surface area contributed by atoms with Crippen molar-refractivity contribution in [2.24, 2.45) is 0 Å². The number of aromatic nitrogens is 4. The summed E-state index contributed by atoms with van der Waals surface area (Å²) in [5.74, 6) is -1.13. The molecular formula is C23H20F4N6O3. The molecule has 2 heterocycles. The van der Waals surface area contributed by atoms with Crippen LogP contribution >= 0.6 is 0 Å². The fraction of sp³-hybridized carbons (Fsp3) is 0.217. The summed E-state index contributed by atoms with van der Waals surface area (Å²) in [7, 11) is 1.36. The minimum atomic E-state index is -4.70. The van der Waals surface area contributed by atoms with Gasteiger partial charge in [-0.1, -0.05) is 12.1 Å². The Kier molecular flexibility index (Phi) is 6.39. The molecule has 0 aliphatic rings. The topological polar surface area (TPSA) is 117 Å². The smallest absolute Gasteiger partial charge is 0.409 e.